The van der Waals surface area contributed by atoms with Crippen LogP contribution in [-0.2, 0) is 17.8 Å². The number of fused-ring (bicyclic) bond motifs is 1. The van der Waals surface area contributed by atoms with Crippen molar-refractivity contribution in [2.24, 2.45) is 17.3 Å². The lowest BCUT2D eigenvalue weighted by molar-refractivity contribution is -0.132. The van der Waals surface area contributed by atoms with E-state index in [0.29, 0.717) is 18.4 Å². The molecule has 0 spiro atoms. The Hall–Kier alpha value is -2.67. The van der Waals surface area contributed by atoms with Crippen LogP contribution in [0.5, 0.6) is 5.75 Å². The van der Waals surface area contributed by atoms with Gasteiger partial charge in [0.2, 0.25) is 0 Å². The van der Waals surface area contributed by atoms with E-state index in [4.69, 9.17) is 0 Å². The van der Waals surface area contributed by atoms with E-state index in [1.807, 2.05) is 26.0 Å². The quantitative estimate of drug-likeness (QED) is 0.576. The third-order valence-electron chi connectivity index (χ3n) is 10.9. The number of phenolic OH excluding ortho intramolecular Hbond substituents is 1. The molecule has 7 rings (SSSR count). The van der Waals surface area contributed by atoms with Crippen LogP contribution >= 0.6 is 0 Å². The smallest absolute Gasteiger partial charge is 0.317 e. The second-order valence-corrected chi connectivity index (χ2v) is 12.8. The Labute approximate surface area is 223 Å². The molecule has 2 amide bonds. The summed E-state index contributed by atoms with van der Waals surface area (Å²) >= 11 is 0. The van der Waals surface area contributed by atoms with E-state index >= 15 is 8.78 Å². The molecule has 5 nitrogen and oxygen atoms in total. The Morgan fingerprint density at radius 3 is 2.74 bits per heavy atom. The van der Waals surface area contributed by atoms with Crippen molar-refractivity contribution in [2.45, 2.75) is 75.4 Å². The first-order chi connectivity index (χ1) is 18.2. The first kappa shape index (κ1) is 24.4. The molecule has 2 aromatic rings. The van der Waals surface area contributed by atoms with Gasteiger partial charge in [-0.3, -0.25) is 4.90 Å². The third-order valence-corrected chi connectivity index (χ3v) is 10.9. The van der Waals surface area contributed by atoms with E-state index in [2.05, 4.69) is 15.1 Å². The lowest BCUT2D eigenvalue weighted by Gasteiger charge is -2.66. The number of carbonyl (C=O) groups excluding carboxylic acids is 1. The van der Waals surface area contributed by atoms with Gasteiger partial charge < -0.3 is 15.3 Å². The number of hydrogen-bond donors (Lipinski definition) is 2. The van der Waals surface area contributed by atoms with Gasteiger partial charge >= 0.3 is 6.03 Å². The van der Waals surface area contributed by atoms with Gasteiger partial charge in [0.25, 0.3) is 5.92 Å². The zero-order valence-electron chi connectivity index (χ0n) is 22.2. The van der Waals surface area contributed by atoms with Crippen LogP contribution in [0.2, 0.25) is 0 Å². The maximum absolute atomic E-state index is 15.6. The molecule has 3 aliphatic carbocycles. The number of benzene rings is 2. The summed E-state index contributed by atoms with van der Waals surface area (Å²) in [5.74, 6) is -2.00. The second kappa shape index (κ2) is 8.17. The fourth-order valence-electron chi connectivity index (χ4n) is 9.87. The van der Waals surface area contributed by atoms with Crippen molar-refractivity contribution in [3.8, 4) is 5.75 Å². The Kier molecular flexibility index (Phi) is 5.24. The van der Waals surface area contributed by atoms with Gasteiger partial charge in [-0.05, 0) is 93.0 Å². The van der Waals surface area contributed by atoms with Crippen molar-refractivity contribution >= 4 is 6.03 Å². The minimum Gasteiger partial charge on any atom is -0.508 e. The molecule has 2 saturated carbocycles. The van der Waals surface area contributed by atoms with Crippen molar-refractivity contribution < 1.29 is 18.7 Å². The molecule has 2 aliphatic heterocycles. The first-order valence-electron chi connectivity index (χ1n) is 14.2. The number of hydrogen-bond acceptors (Lipinski definition) is 3. The average molecular weight is 522 g/mol. The Balaban J connectivity index is 1.30. The maximum atomic E-state index is 15.6. The first-order valence-corrected chi connectivity index (χ1v) is 14.2. The molecule has 38 heavy (non-hydrogen) atoms. The predicted octanol–water partition coefficient (Wildman–Crippen LogP) is 5.27. The number of alkyl halides is 2. The highest BCUT2D eigenvalue weighted by atomic mass is 19.3. The molecule has 7 heteroatoms. The normalized spacial score (nSPS) is 35.2. The summed E-state index contributed by atoms with van der Waals surface area (Å²) < 4.78 is 31.3. The number of amides is 2. The summed E-state index contributed by atoms with van der Waals surface area (Å²) in [6, 6.07) is 14.2. The molecule has 2 saturated heterocycles. The topological polar surface area (TPSA) is 55.8 Å². The summed E-state index contributed by atoms with van der Waals surface area (Å²) in [5, 5.41) is 13.7. The third kappa shape index (κ3) is 3.14. The minimum atomic E-state index is -2.93. The van der Waals surface area contributed by atoms with Crippen LogP contribution in [0.3, 0.4) is 0 Å². The molecule has 2 unspecified atom stereocenters. The zero-order valence-corrected chi connectivity index (χ0v) is 22.2. The number of halogens is 2. The zero-order chi connectivity index (χ0) is 26.4. The van der Waals surface area contributed by atoms with Crippen molar-refractivity contribution in [3.05, 3.63) is 65.2 Å². The molecule has 2 aromatic carbocycles. The van der Waals surface area contributed by atoms with Gasteiger partial charge in [0.1, 0.15) is 5.75 Å². The molecular weight excluding hydrogens is 484 g/mol. The van der Waals surface area contributed by atoms with E-state index in [0.717, 1.165) is 38.6 Å². The van der Waals surface area contributed by atoms with E-state index in [1.165, 1.54) is 23.3 Å². The average Bonchev–Trinajstić information content (AvgIpc) is 3.33. The van der Waals surface area contributed by atoms with Crippen LogP contribution in [0.25, 0.3) is 0 Å². The van der Waals surface area contributed by atoms with Gasteiger partial charge in [-0.25, -0.2) is 4.79 Å². The van der Waals surface area contributed by atoms with Crippen molar-refractivity contribution in [1.29, 1.82) is 0 Å². The number of nitrogens with one attached hydrogen (secondary N) is 1. The Bertz CT molecular complexity index is 1270. The number of piperidine rings is 1. The SMILES string of the molecule is CC(C)NC(=O)N1C[C@H]2C[C@@]34CCC1C2[C@@]31CCN(CC(F)(F)c2ccccc2)[C@@H]4Cc2ccc(O)cc21. The molecule has 2 N–H and O–H groups in total. The molecular formula is C31H37F2N3O2. The maximum Gasteiger partial charge on any atom is 0.317 e. The minimum absolute atomic E-state index is 0.0201. The molecule has 6 atom stereocenters. The summed E-state index contributed by atoms with van der Waals surface area (Å²) in [4.78, 5) is 17.4. The number of rotatable bonds is 4. The van der Waals surface area contributed by atoms with Crippen LogP contribution in [0, 0.1) is 17.3 Å². The molecule has 2 heterocycles. The number of aromatic hydroxyl groups is 1. The van der Waals surface area contributed by atoms with Crippen molar-refractivity contribution in [2.75, 3.05) is 19.6 Å². The van der Waals surface area contributed by atoms with E-state index in [-0.39, 0.29) is 52.8 Å². The number of phenols is 1. The number of urea groups is 1. The second-order valence-electron chi connectivity index (χ2n) is 12.8. The Morgan fingerprint density at radius 2 is 1.97 bits per heavy atom. The standard InChI is InChI=1S/C31H37F2N3O2/c1-19(2)34-28(38)36-17-21-16-29-11-10-25(36)27(21)30(29)12-13-35(18-31(32,33)22-6-4-3-5-7-22)26(29)14-20-8-9-23(37)15-24(20)30/h3-9,15,19,21,25-27,37H,10-14,16-18H2,1-2H3,(H,34,38)/t21-,25?,26-,27?,29-,30+/m1/s1. The lowest BCUT2D eigenvalue weighted by atomic mass is 9.43. The monoisotopic (exact) mass is 521 g/mol. The van der Waals surface area contributed by atoms with Gasteiger partial charge in [-0.1, -0.05) is 36.4 Å². The highest BCUT2D eigenvalue weighted by Gasteiger charge is 2.76. The highest BCUT2D eigenvalue weighted by molar-refractivity contribution is 5.75. The van der Waals surface area contributed by atoms with Crippen molar-refractivity contribution in [1.82, 2.24) is 15.1 Å². The van der Waals surface area contributed by atoms with E-state index in [9.17, 15) is 9.90 Å². The molecule has 0 aromatic heterocycles. The van der Waals surface area contributed by atoms with Crippen LogP contribution in [0.15, 0.2) is 48.5 Å². The molecule has 5 aliphatic rings. The van der Waals surface area contributed by atoms with Gasteiger partial charge in [0.15, 0.2) is 0 Å². The largest absolute Gasteiger partial charge is 0.508 e. The molecule has 4 fully saturated rings. The summed E-state index contributed by atoms with van der Waals surface area (Å²) in [7, 11) is 0. The lowest BCUT2D eigenvalue weighted by Crippen LogP contribution is -2.70. The fourth-order valence-corrected chi connectivity index (χ4v) is 9.87. The van der Waals surface area contributed by atoms with Gasteiger partial charge in [-0.15, -0.1) is 0 Å². The number of nitrogens with zero attached hydrogens (tertiary/aromatic N) is 2. The van der Waals surface area contributed by atoms with Crippen LogP contribution in [-0.4, -0.2) is 58.7 Å². The van der Waals surface area contributed by atoms with Gasteiger partial charge in [0, 0.05) is 35.6 Å². The van der Waals surface area contributed by atoms with Gasteiger partial charge in [0.05, 0.1) is 6.54 Å². The van der Waals surface area contributed by atoms with E-state index < -0.39 is 5.92 Å². The summed E-state index contributed by atoms with van der Waals surface area (Å²) in [5.41, 5.74) is 2.19. The summed E-state index contributed by atoms with van der Waals surface area (Å²) in [6.07, 6.45) is 4.35. The van der Waals surface area contributed by atoms with Crippen LogP contribution in [0.4, 0.5) is 13.6 Å². The van der Waals surface area contributed by atoms with Crippen LogP contribution in [0.1, 0.15) is 56.2 Å². The molecule has 4 bridgehead atoms. The predicted molar refractivity (Wildman–Crippen MR) is 141 cm³/mol. The van der Waals surface area contributed by atoms with Crippen molar-refractivity contribution in [3.63, 3.8) is 0 Å². The fraction of sp³-hybridized carbons (Fsp3) is 0.581. The number of carbonyl (C=O) groups is 1. The van der Waals surface area contributed by atoms with Crippen LogP contribution < -0.4 is 5.32 Å². The summed E-state index contributed by atoms with van der Waals surface area (Å²) in [6.45, 7) is 5.06. The Morgan fingerprint density at radius 1 is 1.18 bits per heavy atom. The number of likely N-dealkylation sites (tertiary alicyclic amines) is 2. The highest BCUT2D eigenvalue weighted by Crippen LogP contribution is 2.75. The molecule has 202 valence electrons. The van der Waals surface area contributed by atoms with E-state index in [1.54, 1.807) is 24.3 Å². The van der Waals surface area contributed by atoms with Gasteiger partial charge in [-0.2, -0.15) is 8.78 Å². The molecule has 0 radical (unpaired) electrons.